The molecule has 2 aromatic rings. The third-order valence-electron chi connectivity index (χ3n) is 5.19. The van der Waals surface area contributed by atoms with Crippen LogP contribution in [0.4, 0.5) is 32.0 Å². The fourth-order valence-corrected chi connectivity index (χ4v) is 3.39. The van der Waals surface area contributed by atoms with Crippen LogP contribution >= 0.6 is 0 Å². The number of benzene rings is 2. The van der Waals surface area contributed by atoms with Gasteiger partial charge in [-0.3, -0.25) is 0 Å². The van der Waals surface area contributed by atoms with Crippen LogP contribution in [0.5, 0.6) is 5.75 Å². The molecule has 2 N–H and O–H groups in total. The number of carboxylic acids is 1. The molecule has 1 heterocycles. The number of rotatable bonds is 7. The highest BCUT2D eigenvalue weighted by Crippen LogP contribution is 2.42. The molecule has 0 radical (unpaired) electrons. The van der Waals surface area contributed by atoms with Crippen molar-refractivity contribution in [3.05, 3.63) is 71.3 Å². The van der Waals surface area contributed by atoms with Gasteiger partial charge in [-0.15, -0.1) is 0 Å². The summed E-state index contributed by atoms with van der Waals surface area (Å²) in [6.07, 6.45) is -11.0. The second kappa shape index (κ2) is 8.97. The van der Waals surface area contributed by atoms with Crippen LogP contribution in [0, 0.1) is 5.92 Å². The summed E-state index contributed by atoms with van der Waals surface area (Å²) in [7, 11) is 0. The molecule has 0 spiro atoms. The SMILES string of the molecule is C=C(C(=O)O)[C@@H](O)c1cccc(OCC2CN(c3cc(C(F)(F)F)ccc3C(F)(F)F)C2)c1. The number of carboxylic acid groups (broad SMARTS) is 1. The third-order valence-corrected chi connectivity index (χ3v) is 5.19. The maximum Gasteiger partial charge on any atom is 0.418 e. The molecular formula is C22H19F6NO4. The number of aliphatic hydroxyl groups excluding tert-OH is 1. The Morgan fingerprint density at radius 2 is 1.76 bits per heavy atom. The van der Waals surface area contributed by atoms with Gasteiger partial charge < -0.3 is 19.8 Å². The third kappa shape index (κ3) is 5.59. The number of aliphatic hydroxyl groups is 1. The van der Waals surface area contributed by atoms with E-state index in [0.717, 1.165) is 0 Å². The van der Waals surface area contributed by atoms with Crippen molar-refractivity contribution in [3.8, 4) is 5.75 Å². The average Bonchev–Trinajstić information content (AvgIpc) is 2.70. The summed E-state index contributed by atoms with van der Waals surface area (Å²) in [6.45, 7) is 3.47. The van der Waals surface area contributed by atoms with Gasteiger partial charge in [-0.05, 0) is 35.9 Å². The van der Waals surface area contributed by atoms with Gasteiger partial charge in [0, 0.05) is 24.7 Å². The van der Waals surface area contributed by atoms with Crippen LogP contribution in [-0.4, -0.2) is 35.9 Å². The Balaban J connectivity index is 1.66. The van der Waals surface area contributed by atoms with Crippen molar-refractivity contribution in [1.29, 1.82) is 0 Å². The van der Waals surface area contributed by atoms with E-state index in [1.165, 1.54) is 23.1 Å². The van der Waals surface area contributed by atoms with E-state index >= 15 is 0 Å². The number of hydrogen-bond donors (Lipinski definition) is 2. The molecule has 0 bridgehead atoms. The Labute approximate surface area is 184 Å². The fraction of sp³-hybridized carbons (Fsp3) is 0.318. The van der Waals surface area contributed by atoms with Gasteiger partial charge in [-0.1, -0.05) is 18.7 Å². The van der Waals surface area contributed by atoms with E-state index in [9.17, 15) is 36.2 Å². The lowest BCUT2D eigenvalue weighted by atomic mass is 9.97. The summed E-state index contributed by atoms with van der Waals surface area (Å²) in [5.41, 5.74) is -3.04. The van der Waals surface area contributed by atoms with Crippen LogP contribution < -0.4 is 9.64 Å². The number of ether oxygens (including phenoxy) is 1. The Morgan fingerprint density at radius 1 is 1.09 bits per heavy atom. The van der Waals surface area contributed by atoms with Crippen molar-refractivity contribution >= 4 is 11.7 Å². The second-order valence-electron chi connectivity index (χ2n) is 7.61. The lowest BCUT2D eigenvalue weighted by Gasteiger charge is -2.42. The van der Waals surface area contributed by atoms with Crippen LogP contribution in [-0.2, 0) is 17.1 Å². The topological polar surface area (TPSA) is 70.0 Å². The molecule has 1 saturated heterocycles. The maximum absolute atomic E-state index is 13.3. The zero-order chi connectivity index (χ0) is 24.6. The van der Waals surface area contributed by atoms with E-state index in [0.29, 0.717) is 23.9 Å². The summed E-state index contributed by atoms with van der Waals surface area (Å²) in [5, 5.41) is 19.0. The minimum Gasteiger partial charge on any atom is -0.493 e. The molecule has 0 aliphatic carbocycles. The van der Waals surface area contributed by atoms with Crippen LogP contribution in [0.2, 0.25) is 0 Å². The molecule has 2 aromatic carbocycles. The Morgan fingerprint density at radius 3 is 2.33 bits per heavy atom. The molecular weight excluding hydrogens is 456 g/mol. The van der Waals surface area contributed by atoms with E-state index in [-0.39, 0.29) is 31.2 Å². The molecule has 3 rings (SSSR count). The number of halogens is 6. The normalized spacial score (nSPS) is 15.7. The second-order valence-corrected chi connectivity index (χ2v) is 7.61. The lowest BCUT2D eigenvalue weighted by molar-refractivity contribution is -0.141. The monoisotopic (exact) mass is 475 g/mol. The van der Waals surface area contributed by atoms with Crippen molar-refractivity contribution in [2.75, 3.05) is 24.6 Å². The zero-order valence-corrected chi connectivity index (χ0v) is 17.0. The lowest BCUT2D eigenvalue weighted by Crippen LogP contribution is -2.50. The minimum absolute atomic E-state index is 0.0581. The number of carbonyl (C=O) groups is 1. The van der Waals surface area contributed by atoms with Crippen molar-refractivity contribution in [2.45, 2.75) is 18.5 Å². The predicted octanol–water partition coefficient (Wildman–Crippen LogP) is 4.91. The van der Waals surface area contributed by atoms with Gasteiger partial charge >= 0.3 is 18.3 Å². The van der Waals surface area contributed by atoms with E-state index in [1.807, 2.05) is 0 Å². The van der Waals surface area contributed by atoms with E-state index in [2.05, 4.69) is 6.58 Å². The van der Waals surface area contributed by atoms with E-state index in [1.54, 1.807) is 6.07 Å². The fourth-order valence-electron chi connectivity index (χ4n) is 3.39. The molecule has 0 amide bonds. The van der Waals surface area contributed by atoms with E-state index < -0.39 is 46.8 Å². The van der Waals surface area contributed by atoms with Gasteiger partial charge in [0.1, 0.15) is 11.9 Å². The Kier molecular flexibility index (Phi) is 6.64. The van der Waals surface area contributed by atoms with Crippen LogP contribution in [0.1, 0.15) is 22.8 Å². The molecule has 0 aromatic heterocycles. The molecule has 0 saturated carbocycles. The van der Waals surface area contributed by atoms with Gasteiger partial charge in [0.05, 0.1) is 23.3 Å². The van der Waals surface area contributed by atoms with Crippen LogP contribution in [0.15, 0.2) is 54.6 Å². The summed E-state index contributed by atoms with van der Waals surface area (Å²) in [6, 6.07) is 7.29. The first-order valence-electron chi connectivity index (χ1n) is 9.63. The van der Waals surface area contributed by atoms with Gasteiger partial charge in [0.25, 0.3) is 0 Å². The van der Waals surface area contributed by atoms with Gasteiger partial charge in [-0.2, -0.15) is 26.3 Å². The number of nitrogens with zero attached hydrogens (tertiary/aromatic N) is 1. The molecule has 1 aliphatic rings. The molecule has 1 fully saturated rings. The highest BCUT2D eigenvalue weighted by Gasteiger charge is 2.40. The number of alkyl halides is 6. The van der Waals surface area contributed by atoms with Gasteiger partial charge in [-0.25, -0.2) is 4.79 Å². The quantitative estimate of drug-likeness (QED) is 0.440. The Bertz CT molecular complexity index is 1040. The first-order valence-corrected chi connectivity index (χ1v) is 9.63. The standard InChI is InChI=1S/C22H19F6NO4/c1-12(20(31)32)19(30)14-3-2-4-16(7-14)33-11-13-9-29(10-13)18-8-15(21(23,24)25)5-6-17(18)22(26,27)28/h2-8,13,19,30H,1,9-11H2,(H,31,32)/t19-/m1/s1. The molecule has 33 heavy (non-hydrogen) atoms. The summed E-state index contributed by atoms with van der Waals surface area (Å²) in [5.74, 6) is -1.32. The maximum atomic E-state index is 13.3. The number of aliphatic carboxylic acids is 1. The molecule has 11 heteroatoms. The van der Waals surface area contributed by atoms with Crippen molar-refractivity contribution in [2.24, 2.45) is 5.92 Å². The minimum atomic E-state index is -4.80. The first-order chi connectivity index (χ1) is 15.3. The number of anilines is 1. The molecule has 1 atom stereocenters. The predicted molar refractivity (Wildman–Crippen MR) is 106 cm³/mol. The van der Waals surface area contributed by atoms with E-state index in [4.69, 9.17) is 9.84 Å². The van der Waals surface area contributed by atoms with Crippen LogP contribution in [0.25, 0.3) is 0 Å². The summed E-state index contributed by atoms with van der Waals surface area (Å²) in [4.78, 5) is 12.2. The highest BCUT2D eigenvalue weighted by molar-refractivity contribution is 5.87. The smallest absolute Gasteiger partial charge is 0.418 e. The van der Waals surface area contributed by atoms with Crippen molar-refractivity contribution in [1.82, 2.24) is 0 Å². The summed E-state index contributed by atoms with van der Waals surface area (Å²) >= 11 is 0. The highest BCUT2D eigenvalue weighted by atomic mass is 19.4. The van der Waals surface area contributed by atoms with Crippen molar-refractivity contribution < 1.29 is 46.1 Å². The first kappa shape index (κ1) is 24.4. The molecule has 178 valence electrons. The van der Waals surface area contributed by atoms with Crippen molar-refractivity contribution in [3.63, 3.8) is 0 Å². The zero-order valence-electron chi connectivity index (χ0n) is 17.0. The molecule has 0 unspecified atom stereocenters. The molecule has 1 aliphatic heterocycles. The van der Waals surface area contributed by atoms with Gasteiger partial charge in [0.2, 0.25) is 0 Å². The number of hydrogen-bond acceptors (Lipinski definition) is 4. The Hall–Kier alpha value is -3.21. The van der Waals surface area contributed by atoms with Gasteiger partial charge in [0.15, 0.2) is 0 Å². The summed E-state index contributed by atoms with van der Waals surface area (Å²) < 4.78 is 84.3. The molecule has 5 nitrogen and oxygen atoms in total. The largest absolute Gasteiger partial charge is 0.493 e. The average molecular weight is 475 g/mol. The van der Waals surface area contributed by atoms with Crippen LogP contribution in [0.3, 0.4) is 0 Å².